The molecule has 0 spiro atoms. The number of fused-ring (bicyclic) bond motifs is 1. The van der Waals surface area contributed by atoms with Gasteiger partial charge in [0.2, 0.25) is 5.91 Å². The average Bonchev–Trinajstić information content (AvgIpc) is 3.10. The molecule has 6 heteroatoms. The molecular weight excluding hydrogens is 328 g/mol. The highest BCUT2D eigenvalue weighted by Gasteiger charge is 2.25. The number of hydrogen-bond donors (Lipinski definition) is 2. The van der Waals surface area contributed by atoms with Gasteiger partial charge in [-0.15, -0.1) is 0 Å². The van der Waals surface area contributed by atoms with Crippen LogP contribution in [0.15, 0.2) is 47.2 Å². The molecule has 0 saturated heterocycles. The van der Waals surface area contributed by atoms with E-state index in [0.29, 0.717) is 27.2 Å². The van der Waals surface area contributed by atoms with Crippen LogP contribution in [0.4, 0.5) is 0 Å². The molecule has 1 amide bonds. The molecule has 0 radical (unpaired) electrons. The summed E-state index contributed by atoms with van der Waals surface area (Å²) in [6.45, 7) is 3.59. The molecule has 0 aliphatic carbocycles. The third kappa shape index (κ3) is 2.95. The largest absolute Gasteiger partial charge is 0.505 e. The number of aromatic nitrogens is 1. The third-order valence-corrected chi connectivity index (χ3v) is 4.11. The van der Waals surface area contributed by atoms with Crippen LogP contribution in [0.1, 0.15) is 31.2 Å². The zero-order valence-electron chi connectivity index (χ0n) is 13.3. The Morgan fingerprint density at radius 3 is 2.79 bits per heavy atom. The van der Waals surface area contributed by atoms with Crippen LogP contribution in [0.2, 0.25) is 5.02 Å². The number of phenols is 1. The van der Waals surface area contributed by atoms with Gasteiger partial charge in [0.25, 0.3) is 0 Å². The van der Waals surface area contributed by atoms with E-state index in [-0.39, 0.29) is 17.6 Å². The number of carbonyl (C=O) groups is 1. The first kappa shape index (κ1) is 16.3. The van der Waals surface area contributed by atoms with Crippen molar-refractivity contribution >= 4 is 28.4 Å². The van der Waals surface area contributed by atoms with Gasteiger partial charge in [0.1, 0.15) is 23.1 Å². The second-order valence-electron chi connectivity index (χ2n) is 5.81. The Hall–Kier alpha value is -2.53. The molecule has 0 unspecified atom stereocenters. The highest BCUT2D eigenvalue weighted by Crippen LogP contribution is 2.38. The van der Waals surface area contributed by atoms with Crippen molar-refractivity contribution in [3.63, 3.8) is 0 Å². The van der Waals surface area contributed by atoms with Crippen molar-refractivity contribution in [2.45, 2.75) is 19.9 Å². The maximum absolute atomic E-state index is 12.2. The Labute approximate surface area is 144 Å². The van der Waals surface area contributed by atoms with Crippen molar-refractivity contribution in [1.82, 2.24) is 10.3 Å². The second-order valence-corrected chi connectivity index (χ2v) is 6.21. The Morgan fingerprint density at radius 2 is 2.12 bits per heavy atom. The predicted octanol–water partition coefficient (Wildman–Crippen LogP) is 4.05. The van der Waals surface area contributed by atoms with Gasteiger partial charge in [-0.1, -0.05) is 25.4 Å². The molecule has 0 aliphatic heterocycles. The quantitative estimate of drug-likeness (QED) is 0.748. The predicted molar refractivity (Wildman–Crippen MR) is 91.9 cm³/mol. The maximum Gasteiger partial charge on any atom is 0.223 e. The minimum absolute atomic E-state index is 0.0274. The molecular formula is C18H17ClN2O3. The summed E-state index contributed by atoms with van der Waals surface area (Å²) >= 11 is 6.34. The normalized spacial score (nSPS) is 12.5. The van der Waals surface area contributed by atoms with E-state index in [1.807, 2.05) is 0 Å². The topological polar surface area (TPSA) is 75.4 Å². The summed E-state index contributed by atoms with van der Waals surface area (Å²) in [5.74, 6) is 0.109. The number of nitrogens with zero attached hydrogens (tertiary/aromatic N) is 1. The molecule has 0 aliphatic rings. The lowest BCUT2D eigenvalue weighted by Gasteiger charge is -2.20. The van der Waals surface area contributed by atoms with Gasteiger partial charge >= 0.3 is 0 Å². The third-order valence-electron chi connectivity index (χ3n) is 3.79. The van der Waals surface area contributed by atoms with Crippen LogP contribution < -0.4 is 5.32 Å². The first-order valence-corrected chi connectivity index (χ1v) is 7.96. The number of furan rings is 1. The van der Waals surface area contributed by atoms with Gasteiger partial charge in [0.05, 0.1) is 11.3 Å². The first-order valence-electron chi connectivity index (χ1n) is 7.59. The second kappa shape index (κ2) is 6.53. The molecule has 1 atom stereocenters. The summed E-state index contributed by atoms with van der Waals surface area (Å²) in [7, 11) is 0. The van der Waals surface area contributed by atoms with E-state index < -0.39 is 6.04 Å². The molecule has 124 valence electrons. The molecule has 1 aromatic carbocycles. The van der Waals surface area contributed by atoms with E-state index in [1.54, 1.807) is 50.4 Å². The zero-order chi connectivity index (χ0) is 17.3. The van der Waals surface area contributed by atoms with Crippen LogP contribution >= 0.6 is 11.6 Å². The fourth-order valence-electron chi connectivity index (χ4n) is 2.49. The molecule has 2 aromatic heterocycles. The minimum Gasteiger partial charge on any atom is -0.505 e. The van der Waals surface area contributed by atoms with E-state index in [0.717, 1.165) is 0 Å². The smallest absolute Gasteiger partial charge is 0.223 e. The highest BCUT2D eigenvalue weighted by atomic mass is 35.5. The number of aromatic hydroxyl groups is 1. The van der Waals surface area contributed by atoms with Gasteiger partial charge in [-0.25, -0.2) is 0 Å². The summed E-state index contributed by atoms with van der Waals surface area (Å²) in [5, 5.41) is 14.7. The Bertz CT molecular complexity index is 875. The van der Waals surface area contributed by atoms with Gasteiger partial charge in [-0.2, -0.15) is 0 Å². The lowest BCUT2D eigenvalue weighted by Crippen LogP contribution is -2.32. The van der Waals surface area contributed by atoms with Crippen molar-refractivity contribution in [2.24, 2.45) is 5.92 Å². The van der Waals surface area contributed by atoms with Gasteiger partial charge in [-0.3, -0.25) is 9.78 Å². The summed E-state index contributed by atoms with van der Waals surface area (Å²) < 4.78 is 5.45. The molecule has 5 nitrogen and oxygen atoms in total. The monoisotopic (exact) mass is 344 g/mol. The number of phenolic OH excluding ortho intramolecular Hbond substituents is 1. The summed E-state index contributed by atoms with van der Waals surface area (Å²) in [4.78, 5) is 16.4. The number of nitrogens with one attached hydrogen (secondary N) is 1. The van der Waals surface area contributed by atoms with Crippen LogP contribution in [0, 0.1) is 5.92 Å². The Morgan fingerprint density at radius 1 is 1.33 bits per heavy atom. The van der Waals surface area contributed by atoms with Crippen molar-refractivity contribution in [3.05, 3.63) is 59.1 Å². The van der Waals surface area contributed by atoms with Gasteiger partial charge < -0.3 is 14.8 Å². The van der Waals surface area contributed by atoms with E-state index in [2.05, 4.69) is 10.3 Å². The number of amides is 1. The van der Waals surface area contributed by atoms with Gasteiger partial charge in [-0.05, 0) is 30.3 Å². The standard InChI is InChI=1S/C18H17ClN2O3/c1-10(2)18(23)21-15(14-6-4-8-24-14)12-9-13(19)11-5-3-7-20-16(11)17(12)22/h3-10,15,22H,1-2H3,(H,21,23)/t15-/m0/s1. The number of halogens is 1. The molecule has 3 aromatic rings. The lowest BCUT2D eigenvalue weighted by molar-refractivity contribution is -0.124. The van der Waals surface area contributed by atoms with E-state index in [9.17, 15) is 9.90 Å². The number of benzene rings is 1. The van der Waals surface area contributed by atoms with Gasteiger partial charge in [0, 0.05) is 23.1 Å². The highest BCUT2D eigenvalue weighted by molar-refractivity contribution is 6.35. The summed E-state index contributed by atoms with van der Waals surface area (Å²) in [6, 6.07) is 7.97. The van der Waals surface area contributed by atoms with Crippen molar-refractivity contribution in [1.29, 1.82) is 0 Å². The van der Waals surface area contributed by atoms with Crippen LogP contribution in [-0.4, -0.2) is 16.0 Å². The van der Waals surface area contributed by atoms with Gasteiger partial charge in [0.15, 0.2) is 0 Å². The Balaban J connectivity index is 2.16. The molecule has 2 N–H and O–H groups in total. The van der Waals surface area contributed by atoms with E-state index >= 15 is 0 Å². The fourth-order valence-corrected chi connectivity index (χ4v) is 2.76. The SMILES string of the molecule is CC(C)C(=O)N[C@H](c1ccco1)c1cc(Cl)c2cccnc2c1O. The van der Waals surface area contributed by atoms with E-state index in [1.165, 1.54) is 6.26 Å². The van der Waals surface area contributed by atoms with E-state index in [4.69, 9.17) is 16.0 Å². The number of carbonyl (C=O) groups excluding carboxylic acids is 1. The average molecular weight is 345 g/mol. The van der Waals surface area contributed by atoms with Crippen LogP contribution in [0.25, 0.3) is 10.9 Å². The van der Waals surface area contributed by atoms with Crippen molar-refractivity contribution in [3.8, 4) is 5.75 Å². The molecule has 3 rings (SSSR count). The Kier molecular flexibility index (Phi) is 4.44. The van der Waals surface area contributed by atoms with Crippen LogP contribution in [-0.2, 0) is 4.79 Å². The lowest BCUT2D eigenvalue weighted by atomic mass is 10.00. The van der Waals surface area contributed by atoms with Crippen LogP contribution in [0.3, 0.4) is 0 Å². The number of pyridine rings is 1. The van der Waals surface area contributed by atoms with Crippen molar-refractivity contribution in [2.75, 3.05) is 0 Å². The maximum atomic E-state index is 12.2. The summed E-state index contributed by atoms with van der Waals surface area (Å²) in [6.07, 6.45) is 3.10. The molecule has 2 heterocycles. The molecule has 0 bridgehead atoms. The summed E-state index contributed by atoms with van der Waals surface area (Å²) in [5.41, 5.74) is 0.825. The molecule has 0 saturated carbocycles. The van der Waals surface area contributed by atoms with Crippen molar-refractivity contribution < 1.29 is 14.3 Å². The fraction of sp³-hybridized carbons (Fsp3) is 0.222. The first-order chi connectivity index (χ1) is 11.5. The minimum atomic E-state index is -0.654. The van der Waals surface area contributed by atoms with Crippen LogP contribution in [0.5, 0.6) is 5.75 Å². The zero-order valence-corrected chi connectivity index (χ0v) is 14.0. The molecule has 24 heavy (non-hydrogen) atoms. The number of hydrogen-bond acceptors (Lipinski definition) is 4. The molecule has 0 fully saturated rings. The number of rotatable bonds is 4.